The predicted molar refractivity (Wildman–Crippen MR) is 148 cm³/mol. The second-order valence-electron chi connectivity index (χ2n) is 9.59. The third-order valence-electron chi connectivity index (χ3n) is 7.00. The number of benzene rings is 3. The van der Waals surface area contributed by atoms with Gasteiger partial charge in [-0.25, -0.2) is 0 Å². The molecule has 3 aromatic carbocycles. The van der Waals surface area contributed by atoms with Crippen LogP contribution >= 0.6 is 0 Å². The number of unbranched alkanes of at least 4 members (excludes halogenated alkanes) is 6. The van der Waals surface area contributed by atoms with Gasteiger partial charge < -0.3 is 24.8 Å². The molecule has 0 bridgehead atoms. The summed E-state index contributed by atoms with van der Waals surface area (Å²) in [5.74, 6) is 0.274. The van der Waals surface area contributed by atoms with Crippen LogP contribution in [0.3, 0.4) is 0 Å². The minimum atomic E-state index is -2.14. The van der Waals surface area contributed by atoms with Crippen LogP contribution in [0.5, 0.6) is 0 Å². The van der Waals surface area contributed by atoms with E-state index >= 15 is 0 Å². The monoisotopic (exact) mass is 586 g/mol. The van der Waals surface area contributed by atoms with E-state index in [4.69, 9.17) is 0 Å². The van der Waals surface area contributed by atoms with Gasteiger partial charge in [-0.05, 0) is 0 Å². The minimum absolute atomic E-state index is 0. The van der Waals surface area contributed by atoms with E-state index in [1.165, 1.54) is 53.6 Å². The van der Waals surface area contributed by atoms with E-state index in [9.17, 15) is 4.79 Å². The molecule has 3 aromatic rings. The van der Waals surface area contributed by atoms with E-state index in [2.05, 4.69) is 108 Å². The molecule has 0 saturated carbocycles. The maximum absolute atomic E-state index is 13.4. The largest absolute Gasteiger partial charge is 1.00 e. The molecule has 6 heteroatoms. The molecule has 0 heterocycles. The fourth-order valence-corrected chi connectivity index (χ4v) is 19.7. The molecule has 0 aromatic heterocycles. The summed E-state index contributed by atoms with van der Waals surface area (Å²) in [7, 11) is 0. The van der Waals surface area contributed by atoms with Gasteiger partial charge in [-0.1, -0.05) is 0 Å². The van der Waals surface area contributed by atoms with E-state index in [0.717, 1.165) is 12.8 Å². The first kappa shape index (κ1) is 31.6. The molecule has 0 aliphatic heterocycles. The minimum Gasteiger partial charge on any atom is -1.00 e. The maximum Gasteiger partial charge on any atom is -1.00 e. The fraction of sp³-hybridized carbons (Fsp3) is 0.323. The van der Waals surface area contributed by atoms with Gasteiger partial charge in [0, 0.05) is 0 Å². The van der Waals surface area contributed by atoms with Gasteiger partial charge in [0.15, 0.2) is 0 Å². The SMILES string of the molecule is CCCCCCCCCC(=O)[NH][Ti+2]([CH]1C=Cc2ccccc21)[SiH](c1ccccc1)c1ccccc1.[Cl-].[Cl-]. The van der Waals surface area contributed by atoms with Crippen LogP contribution < -0.4 is 39.0 Å². The van der Waals surface area contributed by atoms with E-state index in [1.54, 1.807) is 0 Å². The van der Waals surface area contributed by atoms with Crippen LogP contribution in [0.4, 0.5) is 0 Å². The van der Waals surface area contributed by atoms with Gasteiger partial charge in [0.25, 0.3) is 0 Å². The quantitative estimate of drug-likeness (QED) is 0.223. The molecule has 0 radical (unpaired) electrons. The smallest absolute Gasteiger partial charge is 1.00 e. The molecule has 0 spiro atoms. The number of carbonyl (C=O) groups is 1. The van der Waals surface area contributed by atoms with E-state index < -0.39 is 24.0 Å². The molecule has 0 fully saturated rings. The summed E-state index contributed by atoms with van der Waals surface area (Å²) in [5.41, 5.74) is 2.72. The number of rotatable bonds is 13. The van der Waals surface area contributed by atoms with Crippen molar-refractivity contribution in [3.8, 4) is 0 Å². The average Bonchev–Trinajstić information content (AvgIpc) is 3.33. The molecule has 195 valence electrons. The zero-order valence-corrected chi connectivity index (χ0v) is 25.9. The van der Waals surface area contributed by atoms with Gasteiger partial charge in [0.05, 0.1) is 0 Å². The predicted octanol–water partition coefficient (Wildman–Crippen LogP) is 0.0908. The Balaban J connectivity index is 0.00000241. The maximum atomic E-state index is 13.4. The summed E-state index contributed by atoms with van der Waals surface area (Å²) >= 11 is -2.14. The van der Waals surface area contributed by atoms with Gasteiger partial charge >= 0.3 is 220 Å². The standard InChI is InChI=1S/C12H11Si.C10H21NO.C9H7.2ClH.Ti/c1-3-7-11(8-4-1)13-12-9-5-2-6-10-12;1-2-3-4-5-6-7-8-9-10(11)12;1-2-5-9-7-3-6-8(9)4-1;;;/h1-10,13H;2-9H2,1H3,(H2,11,12);1-7H;2*1H;/q;;;;;+3/p-3. The van der Waals surface area contributed by atoms with Crippen molar-refractivity contribution in [2.45, 2.75) is 62.5 Å². The average molecular weight is 588 g/mol. The van der Waals surface area contributed by atoms with Crippen LogP contribution in [0, 0.1) is 0 Å². The Morgan fingerprint density at radius 1 is 0.757 bits per heavy atom. The summed E-state index contributed by atoms with van der Waals surface area (Å²) in [4.78, 5) is 13.4. The number of hydrogen-bond acceptors (Lipinski definition) is 1. The second-order valence-corrected chi connectivity index (χ2v) is 19.8. The van der Waals surface area contributed by atoms with E-state index in [0.29, 0.717) is 10.6 Å². The molecule has 37 heavy (non-hydrogen) atoms. The Morgan fingerprint density at radius 2 is 1.30 bits per heavy atom. The normalized spacial score (nSPS) is 13.4. The molecule has 0 saturated heterocycles. The topological polar surface area (TPSA) is 29.1 Å². The van der Waals surface area contributed by atoms with Crippen LogP contribution in [-0.2, 0) is 22.2 Å². The van der Waals surface area contributed by atoms with Gasteiger partial charge in [-0.15, -0.1) is 0 Å². The van der Waals surface area contributed by atoms with Crippen molar-refractivity contribution < 1.29 is 47.0 Å². The number of carbonyl (C=O) groups excluding carboxylic acids is 1. The Morgan fingerprint density at radius 3 is 1.92 bits per heavy atom. The van der Waals surface area contributed by atoms with Crippen LogP contribution in [0.15, 0.2) is 91.0 Å². The fourth-order valence-electron chi connectivity index (χ4n) is 5.16. The van der Waals surface area contributed by atoms with Crippen LogP contribution in [0.2, 0.25) is 0 Å². The van der Waals surface area contributed by atoms with Crippen molar-refractivity contribution >= 4 is 29.0 Å². The van der Waals surface area contributed by atoms with E-state index in [1.807, 2.05) is 0 Å². The van der Waals surface area contributed by atoms with Crippen LogP contribution in [0.1, 0.15) is 73.6 Å². The number of fused-ring (bicyclic) bond motifs is 1. The second kappa shape index (κ2) is 17.1. The molecule has 1 N–H and O–H groups in total. The molecule has 1 unspecified atom stereocenters. The van der Waals surface area contributed by atoms with Crippen molar-refractivity contribution in [1.29, 1.82) is 0 Å². The number of allylic oxidation sites excluding steroid dienone is 1. The van der Waals surface area contributed by atoms with E-state index in [-0.39, 0.29) is 30.7 Å². The molecule has 2 nitrogen and oxygen atoms in total. The van der Waals surface area contributed by atoms with Gasteiger partial charge in [-0.3, -0.25) is 0 Å². The van der Waals surface area contributed by atoms with Crippen molar-refractivity contribution in [3.63, 3.8) is 0 Å². The molecule has 4 rings (SSSR count). The van der Waals surface area contributed by atoms with Gasteiger partial charge in [-0.2, -0.15) is 0 Å². The molecule has 1 amide bonds. The van der Waals surface area contributed by atoms with Crippen molar-refractivity contribution in [2.75, 3.05) is 0 Å². The van der Waals surface area contributed by atoms with Crippen molar-refractivity contribution in [2.24, 2.45) is 0 Å². The third kappa shape index (κ3) is 8.97. The summed E-state index contributed by atoms with van der Waals surface area (Å²) < 4.78 is 4.11. The zero-order valence-electron chi connectivity index (χ0n) is 21.7. The number of nitrogens with one attached hydrogen (secondary N) is 1. The first-order chi connectivity index (χ1) is 17.3. The zero-order chi connectivity index (χ0) is 24.3. The number of amides is 1. The Kier molecular flexibility index (Phi) is 14.6. The first-order valence-electron chi connectivity index (χ1n) is 13.3. The molecule has 1 aliphatic rings. The Hall–Kier alpha value is -1.62. The summed E-state index contributed by atoms with van der Waals surface area (Å²) in [6.07, 6.45) is 14.0. The Labute approximate surface area is 243 Å². The number of hydrogen-bond donors (Lipinski definition) is 1. The molecule has 1 atom stereocenters. The summed E-state index contributed by atoms with van der Waals surface area (Å²) in [6, 6.07) is 30.8. The molecule has 1 aliphatic carbocycles. The van der Waals surface area contributed by atoms with Crippen molar-refractivity contribution in [3.05, 3.63) is 102 Å². The number of halogens is 2. The van der Waals surface area contributed by atoms with Crippen LogP contribution in [-0.4, -0.2) is 12.6 Å². The summed E-state index contributed by atoms with van der Waals surface area (Å²) in [5, 5.41) is 2.89. The molecular weight excluding hydrogens is 549 g/mol. The first-order valence-corrected chi connectivity index (χ1v) is 19.4. The third-order valence-corrected chi connectivity index (χ3v) is 20.6. The van der Waals surface area contributed by atoms with Gasteiger partial charge in [0.2, 0.25) is 0 Å². The molecular formula is C31H38Cl2NOSiTi. The van der Waals surface area contributed by atoms with Gasteiger partial charge in [0.1, 0.15) is 0 Å². The Bertz CT molecular complexity index is 1060. The van der Waals surface area contributed by atoms with Crippen LogP contribution in [0.25, 0.3) is 6.08 Å². The van der Waals surface area contributed by atoms with Crippen molar-refractivity contribution in [1.82, 2.24) is 3.80 Å². The summed E-state index contributed by atoms with van der Waals surface area (Å²) in [6.45, 7) is 0.644.